The van der Waals surface area contributed by atoms with Gasteiger partial charge < -0.3 is 10.1 Å². The Morgan fingerprint density at radius 3 is 2.88 bits per heavy atom. The molecule has 0 bridgehead atoms. The van der Waals surface area contributed by atoms with Gasteiger partial charge in [0.1, 0.15) is 0 Å². The van der Waals surface area contributed by atoms with Gasteiger partial charge in [0.15, 0.2) is 0 Å². The number of benzene rings is 1. The fourth-order valence-corrected chi connectivity index (χ4v) is 2.72. The molecule has 17 heavy (non-hydrogen) atoms. The minimum atomic E-state index is 0.0511. The van der Waals surface area contributed by atoms with Gasteiger partial charge in [-0.25, -0.2) is 0 Å². The summed E-state index contributed by atoms with van der Waals surface area (Å²) >= 11 is 9.64. The molecule has 1 N–H and O–H groups in total. The normalized spacial score (nSPS) is 29.3. The Kier molecular flexibility index (Phi) is 4.14. The molecular formula is C13H17BrClNO. The van der Waals surface area contributed by atoms with Crippen LogP contribution in [0.3, 0.4) is 0 Å². The molecule has 0 aromatic heterocycles. The third-order valence-electron chi connectivity index (χ3n) is 3.41. The second-order valence-corrected chi connectivity index (χ2v) is 6.08. The van der Waals surface area contributed by atoms with Gasteiger partial charge in [-0.2, -0.15) is 0 Å². The predicted octanol–water partition coefficient (Wildman–Crippen LogP) is 3.93. The van der Waals surface area contributed by atoms with Gasteiger partial charge in [0.2, 0.25) is 0 Å². The van der Waals surface area contributed by atoms with Gasteiger partial charge >= 0.3 is 0 Å². The summed E-state index contributed by atoms with van der Waals surface area (Å²) in [6.45, 7) is 5.89. The number of rotatable bonds is 2. The van der Waals surface area contributed by atoms with Crippen molar-refractivity contribution in [2.75, 3.05) is 13.2 Å². The first kappa shape index (κ1) is 13.3. The maximum atomic E-state index is 6.23. The molecule has 1 aromatic rings. The van der Waals surface area contributed by atoms with Crippen LogP contribution in [0.5, 0.6) is 0 Å². The molecule has 1 aliphatic heterocycles. The number of morpholine rings is 1. The fourth-order valence-electron chi connectivity index (χ4n) is 1.92. The van der Waals surface area contributed by atoms with Crippen LogP contribution in [0.1, 0.15) is 31.9 Å². The average molecular weight is 319 g/mol. The number of hydrogen-bond acceptors (Lipinski definition) is 2. The molecule has 2 unspecified atom stereocenters. The third kappa shape index (κ3) is 3.02. The van der Waals surface area contributed by atoms with E-state index in [0.717, 1.165) is 34.6 Å². The van der Waals surface area contributed by atoms with E-state index in [4.69, 9.17) is 16.3 Å². The van der Waals surface area contributed by atoms with Crippen molar-refractivity contribution in [3.63, 3.8) is 0 Å². The number of ether oxygens (including phenoxy) is 1. The van der Waals surface area contributed by atoms with Crippen molar-refractivity contribution in [1.82, 2.24) is 5.32 Å². The molecule has 0 spiro atoms. The Balaban J connectivity index is 2.10. The lowest BCUT2D eigenvalue weighted by atomic mass is 9.96. The Morgan fingerprint density at radius 1 is 1.59 bits per heavy atom. The minimum Gasteiger partial charge on any atom is -0.370 e. The molecule has 0 radical (unpaired) electrons. The summed E-state index contributed by atoms with van der Waals surface area (Å²) in [5, 5.41) is 4.30. The smallest absolute Gasteiger partial charge is 0.0964 e. The van der Waals surface area contributed by atoms with Crippen molar-refractivity contribution in [2.45, 2.75) is 31.9 Å². The van der Waals surface area contributed by atoms with E-state index in [1.54, 1.807) is 0 Å². The Hall–Kier alpha value is -0.0900. The predicted molar refractivity (Wildman–Crippen MR) is 74.5 cm³/mol. The summed E-state index contributed by atoms with van der Waals surface area (Å²) in [5.74, 6) is 0. The molecule has 1 aliphatic rings. The Morgan fingerprint density at radius 2 is 2.35 bits per heavy atom. The van der Waals surface area contributed by atoms with Gasteiger partial charge in [-0.05, 0) is 25.5 Å². The number of nitrogens with one attached hydrogen (secondary N) is 1. The quantitative estimate of drug-likeness (QED) is 0.892. The molecule has 0 saturated carbocycles. The first-order valence-electron chi connectivity index (χ1n) is 5.86. The van der Waals surface area contributed by atoms with Crippen LogP contribution >= 0.6 is 27.5 Å². The average Bonchev–Trinajstić information content (AvgIpc) is 2.31. The van der Waals surface area contributed by atoms with E-state index in [1.807, 2.05) is 18.2 Å². The highest BCUT2D eigenvalue weighted by atomic mass is 79.9. The summed E-state index contributed by atoms with van der Waals surface area (Å²) in [5.41, 5.74) is 1.15. The SMILES string of the molecule is CCC1(C)COC(c2ccc(Br)cc2Cl)CN1. The van der Waals surface area contributed by atoms with Crippen LogP contribution in [0.25, 0.3) is 0 Å². The maximum Gasteiger partial charge on any atom is 0.0964 e. The van der Waals surface area contributed by atoms with Gasteiger partial charge in [0, 0.05) is 27.1 Å². The van der Waals surface area contributed by atoms with Gasteiger partial charge in [0.05, 0.1) is 12.7 Å². The molecule has 1 fully saturated rings. The van der Waals surface area contributed by atoms with Crippen LogP contribution in [0.15, 0.2) is 22.7 Å². The zero-order chi connectivity index (χ0) is 12.5. The summed E-state index contributed by atoms with van der Waals surface area (Å²) in [6.07, 6.45) is 1.11. The van der Waals surface area contributed by atoms with E-state index in [9.17, 15) is 0 Å². The molecule has 0 aliphatic carbocycles. The Bertz CT molecular complexity index is 402. The molecule has 2 atom stereocenters. The summed E-state index contributed by atoms with van der Waals surface area (Å²) < 4.78 is 6.92. The van der Waals surface area contributed by atoms with Crippen LogP contribution in [-0.2, 0) is 4.74 Å². The molecule has 94 valence electrons. The standard InChI is InChI=1S/C13H17BrClNO/c1-3-13(2)8-17-12(7-16-13)10-5-4-9(14)6-11(10)15/h4-6,12,16H,3,7-8H2,1-2H3. The van der Waals surface area contributed by atoms with Gasteiger partial charge in [-0.15, -0.1) is 0 Å². The lowest BCUT2D eigenvalue weighted by Crippen LogP contribution is -2.52. The van der Waals surface area contributed by atoms with E-state index in [-0.39, 0.29) is 11.6 Å². The van der Waals surface area contributed by atoms with Crippen molar-refractivity contribution in [3.05, 3.63) is 33.3 Å². The minimum absolute atomic E-state index is 0.0511. The number of halogens is 2. The second kappa shape index (κ2) is 5.27. The fraction of sp³-hybridized carbons (Fsp3) is 0.538. The van der Waals surface area contributed by atoms with E-state index >= 15 is 0 Å². The summed E-state index contributed by atoms with van der Waals surface area (Å²) in [4.78, 5) is 0. The van der Waals surface area contributed by atoms with Crippen LogP contribution in [-0.4, -0.2) is 18.7 Å². The molecule has 4 heteroatoms. The maximum absolute atomic E-state index is 6.23. The van der Waals surface area contributed by atoms with Crippen LogP contribution in [0, 0.1) is 0 Å². The summed E-state index contributed by atoms with van der Waals surface area (Å²) in [6, 6.07) is 5.93. The van der Waals surface area contributed by atoms with Crippen molar-refractivity contribution in [1.29, 1.82) is 0 Å². The topological polar surface area (TPSA) is 21.3 Å². The largest absolute Gasteiger partial charge is 0.370 e. The van der Waals surface area contributed by atoms with Crippen LogP contribution in [0.4, 0.5) is 0 Å². The van der Waals surface area contributed by atoms with E-state index < -0.39 is 0 Å². The molecule has 1 saturated heterocycles. The first-order valence-corrected chi connectivity index (χ1v) is 7.03. The lowest BCUT2D eigenvalue weighted by Gasteiger charge is -2.38. The number of hydrogen-bond donors (Lipinski definition) is 1. The highest BCUT2D eigenvalue weighted by Gasteiger charge is 2.30. The van der Waals surface area contributed by atoms with Crippen molar-refractivity contribution in [3.8, 4) is 0 Å². The van der Waals surface area contributed by atoms with Crippen molar-refractivity contribution >= 4 is 27.5 Å². The molecule has 1 heterocycles. The van der Waals surface area contributed by atoms with Crippen LogP contribution in [0.2, 0.25) is 5.02 Å². The van der Waals surface area contributed by atoms with Gasteiger partial charge in [-0.3, -0.25) is 0 Å². The molecule has 2 rings (SSSR count). The second-order valence-electron chi connectivity index (χ2n) is 4.76. The lowest BCUT2D eigenvalue weighted by molar-refractivity contribution is -0.0298. The summed E-state index contributed by atoms with van der Waals surface area (Å²) in [7, 11) is 0. The first-order chi connectivity index (χ1) is 8.04. The zero-order valence-electron chi connectivity index (χ0n) is 10.1. The molecule has 0 amide bonds. The zero-order valence-corrected chi connectivity index (χ0v) is 12.4. The molecular weight excluding hydrogens is 302 g/mol. The van der Waals surface area contributed by atoms with Gasteiger partial charge in [0.25, 0.3) is 0 Å². The Labute approximate surface area is 116 Å². The monoisotopic (exact) mass is 317 g/mol. The van der Waals surface area contributed by atoms with Crippen molar-refractivity contribution in [2.24, 2.45) is 0 Å². The van der Waals surface area contributed by atoms with E-state index in [0.29, 0.717) is 0 Å². The molecule has 2 nitrogen and oxygen atoms in total. The van der Waals surface area contributed by atoms with Crippen LogP contribution < -0.4 is 5.32 Å². The highest BCUT2D eigenvalue weighted by Crippen LogP contribution is 2.31. The molecule has 1 aromatic carbocycles. The van der Waals surface area contributed by atoms with Crippen molar-refractivity contribution < 1.29 is 4.74 Å². The highest BCUT2D eigenvalue weighted by molar-refractivity contribution is 9.10. The van der Waals surface area contributed by atoms with E-state index in [2.05, 4.69) is 35.1 Å². The van der Waals surface area contributed by atoms with Gasteiger partial charge in [-0.1, -0.05) is 40.5 Å². The third-order valence-corrected chi connectivity index (χ3v) is 4.23. The van der Waals surface area contributed by atoms with E-state index in [1.165, 1.54) is 0 Å².